The summed E-state index contributed by atoms with van der Waals surface area (Å²) in [5.41, 5.74) is 8.93. The van der Waals surface area contributed by atoms with Crippen LogP contribution >= 0.6 is 0 Å². The lowest BCUT2D eigenvalue weighted by atomic mass is 9.87. The molecule has 4 N–H and O–H groups in total. The van der Waals surface area contributed by atoms with Crippen LogP contribution in [0.5, 0.6) is 0 Å². The van der Waals surface area contributed by atoms with Crippen LogP contribution in [0.4, 0.5) is 11.4 Å². The number of nitrogens with one attached hydrogen (secondary N) is 1. The van der Waals surface area contributed by atoms with Gasteiger partial charge in [0.2, 0.25) is 0 Å². The van der Waals surface area contributed by atoms with Crippen molar-refractivity contribution in [1.29, 1.82) is 0 Å². The molecule has 0 amide bonds. The number of aliphatic hydroxyl groups is 1. The van der Waals surface area contributed by atoms with Crippen molar-refractivity contribution in [3.63, 3.8) is 0 Å². The second-order valence-electron chi connectivity index (χ2n) is 5.13. The van der Waals surface area contributed by atoms with Gasteiger partial charge >= 0.3 is 0 Å². The van der Waals surface area contributed by atoms with Crippen molar-refractivity contribution in [2.45, 2.75) is 38.7 Å². The number of benzene rings is 1. The molecule has 0 saturated heterocycles. The Hall–Kier alpha value is -1.22. The molecule has 0 spiro atoms. The third kappa shape index (κ3) is 3.37. The fourth-order valence-electron chi connectivity index (χ4n) is 2.36. The van der Waals surface area contributed by atoms with Crippen molar-refractivity contribution < 1.29 is 5.11 Å². The number of aliphatic hydroxyl groups excluding tert-OH is 1. The standard InChI is InChI=1S/C14H22N2O/c1-10-2-5-12(8-14(10)15)16-9-11-3-6-13(17)7-4-11/h2,5,8,11,13,16-17H,3-4,6-7,9,15H2,1H3. The summed E-state index contributed by atoms with van der Waals surface area (Å²) in [6.07, 6.45) is 4.07. The van der Waals surface area contributed by atoms with Crippen molar-refractivity contribution in [3.05, 3.63) is 23.8 Å². The Kier molecular flexibility index (Phi) is 3.89. The van der Waals surface area contributed by atoms with Crippen LogP contribution in [0.3, 0.4) is 0 Å². The van der Waals surface area contributed by atoms with E-state index in [1.807, 2.05) is 19.1 Å². The maximum atomic E-state index is 9.44. The first kappa shape index (κ1) is 12.2. The molecular formula is C14H22N2O. The predicted molar refractivity (Wildman–Crippen MR) is 72.0 cm³/mol. The molecule has 0 bridgehead atoms. The Balaban J connectivity index is 1.83. The van der Waals surface area contributed by atoms with Crippen LogP contribution in [0.1, 0.15) is 31.2 Å². The van der Waals surface area contributed by atoms with E-state index in [0.717, 1.165) is 49.2 Å². The van der Waals surface area contributed by atoms with Gasteiger partial charge in [0, 0.05) is 17.9 Å². The van der Waals surface area contributed by atoms with Crippen LogP contribution in [0, 0.1) is 12.8 Å². The third-order valence-corrected chi connectivity index (χ3v) is 3.69. The summed E-state index contributed by atoms with van der Waals surface area (Å²) >= 11 is 0. The van der Waals surface area contributed by atoms with E-state index < -0.39 is 0 Å². The molecule has 1 aromatic carbocycles. The third-order valence-electron chi connectivity index (χ3n) is 3.69. The summed E-state index contributed by atoms with van der Waals surface area (Å²) in [5, 5.41) is 12.9. The van der Waals surface area contributed by atoms with Gasteiger partial charge in [0.25, 0.3) is 0 Å². The van der Waals surface area contributed by atoms with Crippen LogP contribution < -0.4 is 11.1 Å². The molecular weight excluding hydrogens is 212 g/mol. The highest BCUT2D eigenvalue weighted by Crippen LogP contribution is 2.25. The van der Waals surface area contributed by atoms with Gasteiger partial charge in [-0.3, -0.25) is 0 Å². The average molecular weight is 234 g/mol. The van der Waals surface area contributed by atoms with E-state index in [1.165, 1.54) is 0 Å². The molecule has 17 heavy (non-hydrogen) atoms. The molecule has 0 atom stereocenters. The van der Waals surface area contributed by atoms with Crippen molar-refractivity contribution in [2.75, 3.05) is 17.6 Å². The zero-order valence-corrected chi connectivity index (χ0v) is 10.4. The van der Waals surface area contributed by atoms with Gasteiger partial charge in [0.15, 0.2) is 0 Å². The molecule has 94 valence electrons. The molecule has 1 aliphatic carbocycles. The van der Waals surface area contributed by atoms with E-state index >= 15 is 0 Å². The SMILES string of the molecule is Cc1ccc(NCC2CCC(O)CC2)cc1N. The Morgan fingerprint density at radius 3 is 2.65 bits per heavy atom. The fourth-order valence-corrected chi connectivity index (χ4v) is 2.36. The lowest BCUT2D eigenvalue weighted by molar-refractivity contribution is 0.111. The number of aryl methyl sites for hydroxylation is 1. The summed E-state index contributed by atoms with van der Waals surface area (Å²) in [6.45, 7) is 3.00. The van der Waals surface area contributed by atoms with Crippen LogP contribution in [-0.2, 0) is 0 Å². The molecule has 0 radical (unpaired) electrons. The van der Waals surface area contributed by atoms with E-state index in [1.54, 1.807) is 0 Å². The lowest BCUT2D eigenvalue weighted by Gasteiger charge is -2.25. The number of hydrogen-bond donors (Lipinski definition) is 3. The summed E-state index contributed by atoms with van der Waals surface area (Å²) in [6, 6.07) is 6.11. The smallest absolute Gasteiger partial charge is 0.0540 e. The molecule has 1 aromatic rings. The van der Waals surface area contributed by atoms with Gasteiger partial charge in [0.1, 0.15) is 0 Å². The zero-order valence-electron chi connectivity index (χ0n) is 10.4. The van der Waals surface area contributed by atoms with Crippen LogP contribution in [0.25, 0.3) is 0 Å². The Morgan fingerprint density at radius 2 is 2.00 bits per heavy atom. The molecule has 0 aromatic heterocycles. The molecule has 1 fully saturated rings. The number of anilines is 2. The van der Waals surface area contributed by atoms with Crippen molar-refractivity contribution >= 4 is 11.4 Å². The molecule has 0 unspecified atom stereocenters. The van der Waals surface area contributed by atoms with Gasteiger partial charge in [-0.15, -0.1) is 0 Å². The summed E-state index contributed by atoms with van der Waals surface area (Å²) in [7, 11) is 0. The number of nitrogens with two attached hydrogens (primary N) is 1. The zero-order chi connectivity index (χ0) is 12.3. The number of nitrogen functional groups attached to an aromatic ring is 1. The van der Waals surface area contributed by atoms with Crippen LogP contribution in [-0.4, -0.2) is 17.8 Å². The topological polar surface area (TPSA) is 58.3 Å². The van der Waals surface area contributed by atoms with Crippen molar-refractivity contribution in [3.8, 4) is 0 Å². The second-order valence-corrected chi connectivity index (χ2v) is 5.13. The molecule has 1 saturated carbocycles. The molecule has 3 nitrogen and oxygen atoms in total. The maximum Gasteiger partial charge on any atom is 0.0540 e. The van der Waals surface area contributed by atoms with Gasteiger partial charge in [-0.1, -0.05) is 6.07 Å². The molecule has 2 rings (SSSR count). The first-order valence-electron chi connectivity index (χ1n) is 6.43. The highest BCUT2D eigenvalue weighted by molar-refractivity contribution is 5.58. The summed E-state index contributed by atoms with van der Waals surface area (Å²) in [4.78, 5) is 0. The molecule has 1 aliphatic rings. The minimum Gasteiger partial charge on any atom is -0.398 e. The highest BCUT2D eigenvalue weighted by atomic mass is 16.3. The Labute approximate surface area is 103 Å². The van der Waals surface area contributed by atoms with Crippen LogP contribution in [0.15, 0.2) is 18.2 Å². The van der Waals surface area contributed by atoms with Crippen LogP contribution in [0.2, 0.25) is 0 Å². The normalized spacial score (nSPS) is 24.6. The summed E-state index contributed by atoms with van der Waals surface area (Å²) < 4.78 is 0. The van der Waals surface area contributed by atoms with E-state index in [0.29, 0.717) is 5.92 Å². The highest BCUT2D eigenvalue weighted by Gasteiger charge is 2.18. The molecule has 0 heterocycles. The predicted octanol–water partition coefficient (Wildman–Crippen LogP) is 2.54. The largest absolute Gasteiger partial charge is 0.398 e. The van der Waals surface area contributed by atoms with Gasteiger partial charge in [-0.05, 0) is 56.2 Å². The number of rotatable bonds is 3. The first-order chi connectivity index (χ1) is 8.15. The summed E-state index contributed by atoms with van der Waals surface area (Å²) in [5.74, 6) is 0.681. The van der Waals surface area contributed by atoms with Gasteiger partial charge in [0.05, 0.1) is 6.10 Å². The first-order valence-corrected chi connectivity index (χ1v) is 6.43. The monoisotopic (exact) mass is 234 g/mol. The lowest BCUT2D eigenvalue weighted by Crippen LogP contribution is -2.23. The van der Waals surface area contributed by atoms with Gasteiger partial charge in [-0.2, -0.15) is 0 Å². The molecule has 0 aliphatic heterocycles. The van der Waals surface area contributed by atoms with Gasteiger partial charge < -0.3 is 16.2 Å². The van der Waals surface area contributed by atoms with E-state index in [-0.39, 0.29) is 6.10 Å². The van der Waals surface area contributed by atoms with Crippen molar-refractivity contribution in [1.82, 2.24) is 0 Å². The quantitative estimate of drug-likeness (QED) is 0.704. The molecule has 3 heteroatoms. The van der Waals surface area contributed by atoms with E-state index in [2.05, 4.69) is 11.4 Å². The van der Waals surface area contributed by atoms with Crippen molar-refractivity contribution in [2.24, 2.45) is 5.92 Å². The Morgan fingerprint density at radius 1 is 1.29 bits per heavy atom. The maximum absolute atomic E-state index is 9.44. The number of hydrogen-bond acceptors (Lipinski definition) is 3. The average Bonchev–Trinajstić information content (AvgIpc) is 2.33. The van der Waals surface area contributed by atoms with E-state index in [4.69, 9.17) is 5.73 Å². The van der Waals surface area contributed by atoms with E-state index in [9.17, 15) is 5.11 Å². The minimum absolute atomic E-state index is 0.0683. The Bertz CT molecular complexity index is 370. The fraction of sp³-hybridized carbons (Fsp3) is 0.571. The van der Waals surface area contributed by atoms with Gasteiger partial charge in [-0.25, -0.2) is 0 Å². The minimum atomic E-state index is -0.0683. The second kappa shape index (κ2) is 5.41.